The monoisotopic (exact) mass is 223 g/mol. The van der Waals surface area contributed by atoms with E-state index in [1.165, 1.54) is 0 Å². The summed E-state index contributed by atoms with van der Waals surface area (Å²) >= 11 is 0. The molecule has 0 fully saturated rings. The number of hydrogen-bond donors (Lipinski definition) is 1. The summed E-state index contributed by atoms with van der Waals surface area (Å²) in [7, 11) is 1.61. The molecule has 0 aliphatic heterocycles. The molecule has 0 aliphatic rings. The molecule has 16 heavy (non-hydrogen) atoms. The zero-order chi connectivity index (χ0) is 12.0. The smallest absolute Gasteiger partial charge is 0.137 e. The van der Waals surface area contributed by atoms with Gasteiger partial charge in [-0.1, -0.05) is 26.7 Å². The van der Waals surface area contributed by atoms with Gasteiger partial charge in [0.1, 0.15) is 5.75 Å². The Labute approximate surface area is 97.5 Å². The molecule has 0 unspecified atom stereocenters. The number of methoxy groups -OCH3 is 1. The average Bonchev–Trinajstić information content (AvgIpc) is 2.30. The van der Waals surface area contributed by atoms with Crippen LogP contribution in [0.25, 0.3) is 0 Å². The molecular formula is C13H21NO2. The van der Waals surface area contributed by atoms with Gasteiger partial charge in [-0.25, -0.2) is 0 Å². The largest absolute Gasteiger partial charge is 0.495 e. The van der Waals surface area contributed by atoms with Crippen LogP contribution in [0.3, 0.4) is 0 Å². The zero-order valence-electron chi connectivity index (χ0n) is 10.4. The van der Waals surface area contributed by atoms with Crippen LogP contribution in [0.1, 0.15) is 45.1 Å². The van der Waals surface area contributed by atoms with Crippen molar-refractivity contribution in [2.75, 3.05) is 7.11 Å². The van der Waals surface area contributed by atoms with Crippen LogP contribution in [0.4, 0.5) is 0 Å². The predicted molar refractivity (Wildman–Crippen MR) is 64.5 cm³/mol. The molecule has 0 aromatic carbocycles. The molecular weight excluding hydrogens is 202 g/mol. The fraction of sp³-hybridized carbons (Fsp3) is 0.615. The maximum atomic E-state index is 10.6. The van der Waals surface area contributed by atoms with Gasteiger partial charge in [-0.05, 0) is 18.9 Å². The molecule has 1 heterocycles. The minimum absolute atomic E-state index is 0.697. The Morgan fingerprint density at radius 3 is 2.38 bits per heavy atom. The van der Waals surface area contributed by atoms with Gasteiger partial charge in [-0.2, -0.15) is 0 Å². The van der Waals surface area contributed by atoms with E-state index in [4.69, 9.17) is 4.74 Å². The predicted octanol–water partition coefficient (Wildman–Crippen LogP) is 2.88. The van der Waals surface area contributed by atoms with E-state index in [2.05, 4.69) is 18.8 Å². The van der Waals surface area contributed by atoms with Crippen LogP contribution in [-0.2, 0) is 5.60 Å². The normalized spacial score (nSPS) is 11.5. The summed E-state index contributed by atoms with van der Waals surface area (Å²) in [4.78, 5) is 4.10. The van der Waals surface area contributed by atoms with Crippen LogP contribution in [-0.4, -0.2) is 17.2 Å². The molecule has 3 nitrogen and oxygen atoms in total. The molecule has 0 atom stereocenters. The third-order valence-electron chi connectivity index (χ3n) is 2.81. The Kier molecular flexibility index (Phi) is 4.74. The Hall–Kier alpha value is -1.09. The minimum atomic E-state index is -0.759. The lowest BCUT2D eigenvalue weighted by molar-refractivity contribution is 0.0164. The second-order valence-electron chi connectivity index (χ2n) is 4.15. The van der Waals surface area contributed by atoms with Gasteiger partial charge in [0.2, 0.25) is 0 Å². The van der Waals surface area contributed by atoms with Crippen molar-refractivity contribution in [1.29, 1.82) is 0 Å². The van der Waals surface area contributed by atoms with Gasteiger partial charge in [0.15, 0.2) is 0 Å². The van der Waals surface area contributed by atoms with Gasteiger partial charge in [0.05, 0.1) is 18.9 Å². The highest BCUT2D eigenvalue weighted by Gasteiger charge is 2.27. The number of pyridine rings is 1. The maximum absolute atomic E-state index is 10.6. The van der Waals surface area contributed by atoms with Gasteiger partial charge in [0, 0.05) is 11.8 Å². The topological polar surface area (TPSA) is 42.4 Å². The highest BCUT2D eigenvalue weighted by molar-refractivity contribution is 5.28. The Bertz CT molecular complexity index is 319. The standard InChI is InChI=1S/C13H21NO2/c1-4-6-13(15,7-5-2)11-8-12(16-3)10-14-9-11/h8-10,15H,4-7H2,1-3H3. The number of aliphatic hydroxyl groups is 1. The molecule has 90 valence electrons. The summed E-state index contributed by atoms with van der Waals surface area (Å²) in [6.45, 7) is 4.16. The Balaban J connectivity index is 2.99. The van der Waals surface area contributed by atoms with Crippen LogP contribution in [0.15, 0.2) is 18.5 Å². The van der Waals surface area contributed by atoms with Crippen molar-refractivity contribution in [2.45, 2.75) is 45.1 Å². The minimum Gasteiger partial charge on any atom is -0.495 e. The van der Waals surface area contributed by atoms with E-state index in [1.54, 1.807) is 19.5 Å². The first-order valence-electron chi connectivity index (χ1n) is 5.88. The van der Waals surface area contributed by atoms with Crippen molar-refractivity contribution in [3.05, 3.63) is 24.0 Å². The molecule has 3 heteroatoms. The lowest BCUT2D eigenvalue weighted by Gasteiger charge is -2.27. The fourth-order valence-corrected chi connectivity index (χ4v) is 2.03. The van der Waals surface area contributed by atoms with E-state index in [1.807, 2.05) is 6.07 Å². The molecule has 0 saturated heterocycles. The van der Waals surface area contributed by atoms with E-state index in [-0.39, 0.29) is 0 Å². The van der Waals surface area contributed by atoms with E-state index >= 15 is 0 Å². The molecule has 1 N–H and O–H groups in total. The zero-order valence-corrected chi connectivity index (χ0v) is 10.4. The average molecular weight is 223 g/mol. The number of ether oxygens (including phenoxy) is 1. The second kappa shape index (κ2) is 5.85. The van der Waals surface area contributed by atoms with E-state index in [0.29, 0.717) is 5.75 Å². The van der Waals surface area contributed by atoms with Crippen LogP contribution in [0.5, 0.6) is 5.75 Å². The Morgan fingerprint density at radius 1 is 1.25 bits per heavy atom. The summed E-state index contributed by atoms with van der Waals surface area (Å²) in [6, 6.07) is 1.87. The lowest BCUT2D eigenvalue weighted by Crippen LogP contribution is -2.25. The number of nitrogens with zero attached hydrogens (tertiary/aromatic N) is 1. The highest BCUT2D eigenvalue weighted by atomic mass is 16.5. The molecule has 1 aromatic rings. The van der Waals surface area contributed by atoms with Crippen LogP contribution >= 0.6 is 0 Å². The molecule has 0 bridgehead atoms. The first kappa shape index (κ1) is 13.0. The van der Waals surface area contributed by atoms with Crippen molar-refractivity contribution in [3.8, 4) is 5.75 Å². The Morgan fingerprint density at radius 2 is 1.88 bits per heavy atom. The van der Waals surface area contributed by atoms with Gasteiger partial charge in [-0.15, -0.1) is 0 Å². The van der Waals surface area contributed by atoms with Crippen molar-refractivity contribution in [3.63, 3.8) is 0 Å². The molecule has 0 amide bonds. The molecule has 0 aliphatic carbocycles. The van der Waals surface area contributed by atoms with Gasteiger partial charge in [0.25, 0.3) is 0 Å². The van der Waals surface area contributed by atoms with E-state index < -0.39 is 5.60 Å². The number of hydrogen-bond acceptors (Lipinski definition) is 3. The fourth-order valence-electron chi connectivity index (χ4n) is 2.03. The second-order valence-corrected chi connectivity index (χ2v) is 4.15. The van der Waals surface area contributed by atoms with Crippen LogP contribution in [0.2, 0.25) is 0 Å². The van der Waals surface area contributed by atoms with Crippen molar-refractivity contribution < 1.29 is 9.84 Å². The summed E-state index contributed by atoms with van der Waals surface area (Å²) in [5.74, 6) is 0.697. The molecule has 1 aromatic heterocycles. The molecule has 0 radical (unpaired) electrons. The van der Waals surface area contributed by atoms with Gasteiger partial charge in [-0.3, -0.25) is 4.98 Å². The summed E-state index contributed by atoms with van der Waals surface area (Å²) in [5, 5.41) is 10.6. The maximum Gasteiger partial charge on any atom is 0.137 e. The van der Waals surface area contributed by atoms with Crippen LogP contribution < -0.4 is 4.74 Å². The summed E-state index contributed by atoms with van der Waals surface area (Å²) in [5.41, 5.74) is 0.0981. The SMILES string of the molecule is CCCC(O)(CCC)c1cncc(OC)c1. The number of rotatable bonds is 6. The van der Waals surface area contributed by atoms with Crippen LogP contribution in [0, 0.1) is 0 Å². The first-order valence-corrected chi connectivity index (χ1v) is 5.88. The van der Waals surface area contributed by atoms with Gasteiger partial charge >= 0.3 is 0 Å². The molecule has 0 saturated carbocycles. The first-order chi connectivity index (χ1) is 7.66. The van der Waals surface area contributed by atoms with Crippen molar-refractivity contribution in [1.82, 2.24) is 4.98 Å². The number of aromatic nitrogens is 1. The van der Waals surface area contributed by atoms with E-state index in [9.17, 15) is 5.11 Å². The lowest BCUT2D eigenvalue weighted by atomic mass is 9.86. The summed E-state index contributed by atoms with van der Waals surface area (Å²) in [6.07, 6.45) is 6.81. The molecule has 1 rings (SSSR count). The van der Waals surface area contributed by atoms with Crippen molar-refractivity contribution >= 4 is 0 Å². The van der Waals surface area contributed by atoms with E-state index in [0.717, 1.165) is 31.2 Å². The molecule has 0 spiro atoms. The quantitative estimate of drug-likeness (QED) is 0.806. The third kappa shape index (κ3) is 2.95. The third-order valence-corrected chi connectivity index (χ3v) is 2.81. The van der Waals surface area contributed by atoms with Crippen molar-refractivity contribution in [2.24, 2.45) is 0 Å². The van der Waals surface area contributed by atoms with Gasteiger partial charge < -0.3 is 9.84 Å². The summed E-state index contributed by atoms with van der Waals surface area (Å²) < 4.78 is 5.13. The highest BCUT2D eigenvalue weighted by Crippen LogP contribution is 2.32.